The summed E-state index contributed by atoms with van der Waals surface area (Å²) in [5.74, 6) is 1.91. The highest BCUT2D eigenvalue weighted by atomic mass is 16.5. The average Bonchev–Trinajstić information content (AvgIpc) is 1.54. The summed E-state index contributed by atoms with van der Waals surface area (Å²) >= 11 is 0. The number of carbonyl (C=O) groups is 4. The van der Waals surface area contributed by atoms with Crippen molar-refractivity contribution in [2.45, 2.75) is 114 Å². The van der Waals surface area contributed by atoms with Crippen molar-refractivity contribution in [1.29, 1.82) is 0 Å². The SMILES string of the molecule is C=CC(=O)OCCCCCCOc1ccc(C2(c3ccc(OC(=O)C4CCC(C5CCC(C(=O)Oc6ccc(C7(c8ccc(OCCCCCCOC(=O)C=C)cc8)c8ccccc8-c8nc9ccccc9nc87)cc6)CC5)CC4)cc3)c3ccccc3-c3nc4ccccc4nc32)cc1. The van der Waals surface area contributed by atoms with Gasteiger partial charge in [0.2, 0.25) is 0 Å². The van der Waals surface area contributed by atoms with Gasteiger partial charge in [0.05, 0.1) is 93.9 Å². The molecule has 2 atom stereocenters. The van der Waals surface area contributed by atoms with Gasteiger partial charge in [0, 0.05) is 23.3 Å². The third-order valence-electron chi connectivity index (χ3n) is 20.9. The number of ether oxygens (including phenoxy) is 6. The molecule has 2 fully saturated rings. The Balaban J connectivity index is 0.601. The lowest BCUT2D eigenvalue weighted by atomic mass is 9.69. The topological polar surface area (TPSA) is 175 Å². The molecule has 2 heterocycles. The molecule has 0 saturated heterocycles. The lowest BCUT2D eigenvalue weighted by Crippen LogP contribution is -2.32. The predicted molar refractivity (Wildman–Crippen MR) is 386 cm³/mol. The van der Waals surface area contributed by atoms with E-state index in [0.29, 0.717) is 49.8 Å². The highest BCUT2D eigenvalue weighted by Crippen LogP contribution is 2.57. The maximum atomic E-state index is 14.1. The molecule has 4 aliphatic carbocycles. The van der Waals surface area contributed by atoms with E-state index in [0.717, 1.165) is 204 Å². The quantitative estimate of drug-likeness (QED) is 0.0206. The maximum Gasteiger partial charge on any atom is 0.330 e. The van der Waals surface area contributed by atoms with Crippen molar-refractivity contribution >= 4 is 45.9 Å². The monoisotopic (exact) mass is 1330 g/mol. The second-order valence-electron chi connectivity index (χ2n) is 26.8. The molecule has 2 aromatic heterocycles. The molecule has 8 aromatic carbocycles. The zero-order valence-electron chi connectivity index (χ0n) is 56.4. The molecule has 2 unspecified atom stereocenters. The van der Waals surface area contributed by atoms with Crippen molar-refractivity contribution in [3.05, 3.63) is 264 Å². The van der Waals surface area contributed by atoms with Crippen LogP contribution in [-0.2, 0) is 39.5 Å². The van der Waals surface area contributed by atoms with Gasteiger partial charge in [-0.1, -0.05) is 134 Å². The molecule has 0 bridgehead atoms. The molecule has 14 nitrogen and oxygen atoms in total. The Morgan fingerprint density at radius 3 is 1.02 bits per heavy atom. The molecule has 10 aromatic rings. The highest BCUT2D eigenvalue weighted by molar-refractivity contribution is 5.90. The summed E-state index contributed by atoms with van der Waals surface area (Å²) in [6.07, 6.45) is 16.3. The number of nitrogens with zero attached hydrogens (tertiary/aromatic N) is 4. The fourth-order valence-corrected chi connectivity index (χ4v) is 15.8. The Labute approximate surface area is 583 Å². The standard InChI is InChI=1S/C86H82N4O10/c1-3-77(91)97-55-19-7-5-17-53-95-65-45-37-61(38-46-65)85(71-23-11-9-21-69(71)79-81(85)89-75-27-15-13-25-73(75)87-79)63-41-49-67(50-42-63)99-83(93)59-33-29-57(30-34-59)58-31-35-60(36-32-58)84(94)100-68-51-43-64(44-52-68)86(62-39-47-66(48-40-62)96-54-18-6-8-20-56-98-78(92)4-2)72-24-12-10-22-70(72)80-82(86)90-76-28-16-14-26-74(76)88-80/h3-4,9-16,21-28,37-52,57-60H,1-2,5-8,17-20,29-36,53-56H2. The second-order valence-corrected chi connectivity index (χ2v) is 26.8. The van der Waals surface area contributed by atoms with Crippen molar-refractivity contribution in [3.8, 4) is 45.5 Å². The fourth-order valence-electron chi connectivity index (χ4n) is 15.8. The van der Waals surface area contributed by atoms with Gasteiger partial charge in [-0.25, -0.2) is 29.5 Å². The summed E-state index contributed by atoms with van der Waals surface area (Å²) in [4.78, 5) is 72.2. The molecule has 4 aliphatic rings. The van der Waals surface area contributed by atoms with E-state index in [1.54, 1.807) is 0 Å². The van der Waals surface area contributed by atoms with Gasteiger partial charge in [-0.05, 0) is 221 Å². The first-order valence-corrected chi connectivity index (χ1v) is 35.6. The minimum atomic E-state index is -0.845. The largest absolute Gasteiger partial charge is 0.494 e. The van der Waals surface area contributed by atoms with Crippen LogP contribution < -0.4 is 18.9 Å². The van der Waals surface area contributed by atoms with Crippen LogP contribution in [0.1, 0.15) is 148 Å². The van der Waals surface area contributed by atoms with E-state index in [9.17, 15) is 19.2 Å². The number of benzene rings is 8. The number of unbranched alkanes of at least 4 members (excludes halogenated alkanes) is 6. The highest BCUT2D eigenvalue weighted by Gasteiger charge is 2.50. The molecule has 506 valence electrons. The van der Waals surface area contributed by atoms with E-state index in [1.165, 1.54) is 12.2 Å². The van der Waals surface area contributed by atoms with Crippen LogP contribution in [0.2, 0.25) is 0 Å². The lowest BCUT2D eigenvalue weighted by Gasteiger charge is -2.36. The smallest absolute Gasteiger partial charge is 0.330 e. The van der Waals surface area contributed by atoms with Gasteiger partial charge in [-0.15, -0.1) is 0 Å². The second kappa shape index (κ2) is 30.3. The van der Waals surface area contributed by atoms with Crippen LogP contribution in [0, 0.1) is 23.7 Å². The van der Waals surface area contributed by atoms with E-state index in [4.69, 9.17) is 48.4 Å². The van der Waals surface area contributed by atoms with E-state index >= 15 is 0 Å². The van der Waals surface area contributed by atoms with Crippen LogP contribution >= 0.6 is 0 Å². The Bertz CT molecular complexity index is 4320. The summed E-state index contributed by atoms with van der Waals surface area (Å²) in [5, 5.41) is 0. The summed E-state index contributed by atoms with van der Waals surface area (Å²) < 4.78 is 35.2. The molecule has 14 heteroatoms. The van der Waals surface area contributed by atoms with Gasteiger partial charge in [0.15, 0.2) is 0 Å². The predicted octanol–water partition coefficient (Wildman–Crippen LogP) is 17.8. The van der Waals surface area contributed by atoms with E-state index in [-0.39, 0.29) is 23.8 Å². The summed E-state index contributed by atoms with van der Waals surface area (Å²) in [6, 6.07) is 65.3. The van der Waals surface area contributed by atoms with Gasteiger partial charge < -0.3 is 28.4 Å². The zero-order chi connectivity index (χ0) is 68.4. The summed E-state index contributed by atoms with van der Waals surface area (Å²) in [5.41, 5.74) is 13.0. The van der Waals surface area contributed by atoms with Crippen LogP contribution in [0.4, 0.5) is 0 Å². The Morgan fingerprint density at radius 2 is 0.670 bits per heavy atom. The number of para-hydroxylation sites is 4. The number of hydrogen-bond acceptors (Lipinski definition) is 14. The molecular weight excluding hydrogens is 1250 g/mol. The molecule has 0 amide bonds. The number of hydrogen-bond donors (Lipinski definition) is 0. The zero-order valence-corrected chi connectivity index (χ0v) is 56.4. The lowest BCUT2D eigenvalue weighted by molar-refractivity contribution is -0.142. The van der Waals surface area contributed by atoms with Crippen LogP contribution in [0.15, 0.2) is 219 Å². The van der Waals surface area contributed by atoms with Gasteiger partial charge in [-0.2, -0.15) is 0 Å². The minimum absolute atomic E-state index is 0.197. The number of rotatable bonds is 27. The Kier molecular flexibility index (Phi) is 20.2. The van der Waals surface area contributed by atoms with Crippen LogP contribution in [0.3, 0.4) is 0 Å². The van der Waals surface area contributed by atoms with Crippen molar-refractivity contribution in [1.82, 2.24) is 19.9 Å². The first kappa shape index (κ1) is 66.6. The molecular formula is C86H82N4O10. The van der Waals surface area contributed by atoms with E-state index in [1.807, 2.05) is 109 Å². The average molecular weight is 1330 g/mol. The minimum Gasteiger partial charge on any atom is -0.494 e. The van der Waals surface area contributed by atoms with E-state index < -0.39 is 22.8 Å². The third kappa shape index (κ3) is 13.6. The molecule has 0 spiro atoms. The number of aromatic nitrogens is 4. The van der Waals surface area contributed by atoms with Gasteiger partial charge >= 0.3 is 23.9 Å². The van der Waals surface area contributed by atoms with Crippen LogP contribution in [0.25, 0.3) is 44.6 Å². The number of carbonyl (C=O) groups excluding carboxylic acids is 4. The van der Waals surface area contributed by atoms with Crippen molar-refractivity contribution in [3.63, 3.8) is 0 Å². The van der Waals surface area contributed by atoms with Gasteiger partial charge in [0.25, 0.3) is 0 Å². The molecule has 14 rings (SSSR count). The normalized spacial score (nSPS) is 19.5. The molecule has 2 saturated carbocycles. The summed E-state index contributed by atoms with van der Waals surface area (Å²) in [6.45, 7) is 8.81. The molecule has 0 radical (unpaired) electrons. The molecule has 0 aliphatic heterocycles. The first-order chi connectivity index (χ1) is 49.1. The first-order valence-electron chi connectivity index (χ1n) is 35.6. The number of esters is 4. The maximum absolute atomic E-state index is 14.1. The van der Waals surface area contributed by atoms with Gasteiger partial charge in [-0.3, -0.25) is 9.59 Å². The fraction of sp³-hybridized carbons (Fsp3) is 0.302. The van der Waals surface area contributed by atoms with Crippen molar-refractivity contribution in [2.75, 3.05) is 26.4 Å². The van der Waals surface area contributed by atoms with Crippen molar-refractivity contribution < 1.29 is 47.6 Å². The molecule has 100 heavy (non-hydrogen) atoms. The Morgan fingerprint density at radius 1 is 0.360 bits per heavy atom. The Hall–Kier alpha value is -10.6. The van der Waals surface area contributed by atoms with Gasteiger partial charge in [0.1, 0.15) is 23.0 Å². The number of fused-ring (bicyclic) bond motifs is 8. The van der Waals surface area contributed by atoms with E-state index in [2.05, 4.69) is 98.1 Å². The third-order valence-corrected chi connectivity index (χ3v) is 20.9. The molecule has 0 N–H and O–H groups in total. The van der Waals surface area contributed by atoms with Crippen molar-refractivity contribution in [2.24, 2.45) is 23.7 Å². The van der Waals surface area contributed by atoms with Crippen LogP contribution in [0.5, 0.6) is 23.0 Å². The summed E-state index contributed by atoms with van der Waals surface area (Å²) in [7, 11) is 0. The van der Waals surface area contributed by atoms with Crippen LogP contribution in [-0.4, -0.2) is 70.2 Å².